The van der Waals surface area contributed by atoms with Crippen LogP contribution in [0, 0.1) is 5.92 Å². The Balaban J connectivity index is 1.85. The molecule has 0 amide bonds. The van der Waals surface area contributed by atoms with E-state index in [2.05, 4.69) is 18.7 Å². The molecule has 1 atom stereocenters. The highest BCUT2D eigenvalue weighted by molar-refractivity contribution is 4.92. The molecule has 2 aliphatic rings. The van der Waals surface area contributed by atoms with Gasteiger partial charge in [-0.15, -0.1) is 0 Å². The summed E-state index contributed by atoms with van der Waals surface area (Å²) in [4.78, 5) is 2.63. The molecule has 0 aromatic carbocycles. The fourth-order valence-electron chi connectivity index (χ4n) is 3.59. The third-order valence-corrected chi connectivity index (χ3v) is 4.58. The van der Waals surface area contributed by atoms with Crippen LogP contribution in [-0.4, -0.2) is 29.6 Å². The Bertz CT molecular complexity index is 219. The fraction of sp³-hybridized carbons (Fsp3) is 1.00. The lowest BCUT2D eigenvalue weighted by atomic mass is 9.82. The lowest BCUT2D eigenvalue weighted by molar-refractivity contribution is 0.120. The van der Waals surface area contributed by atoms with Crippen LogP contribution in [-0.2, 0) is 0 Å². The van der Waals surface area contributed by atoms with Gasteiger partial charge in [-0.1, -0.05) is 12.8 Å². The van der Waals surface area contributed by atoms with Gasteiger partial charge in [0.1, 0.15) is 0 Å². The summed E-state index contributed by atoms with van der Waals surface area (Å²) in [5, 5.41) is 0. The van der Waals surface area contributed by atoms with Crippen LogP contribution >= 0.6 is 0 Å². The van der Waals surface area contributed by atoms with E-state index in [1.807, 2.05) is 0 Å². The van der Waals surface area contributed by atoms with Crippen molar-refractivity contribution in [1.29, 1.82) is 0 Å². The Morgan fingerprint density at radius 3 is 2.56 bits per heavy atom. The Labute approximate surface area is 101 Å². The zero-order valence-electron chi connectivity index (χ0n) is 11.0. The van der Waals surface area contributed by atoms with E-state index in [-0.39, 0.29) is 5.54 Å². The normalized spacial score (nSPS) is 31.1. The van der Waals surface area contributed by atoms with Gasteiger partial charge < -0.3 is 10.6 Å². The molecule has 94 valence electrons. The molecule has 0 bridgehead atoms. The number of hydrogen-bond donors (Lipinski definition) is 1. The number of nitrogens with zero attached hydrogens (tertiary/aromatic N) is 1. The van der Waals surface area contributed by atoms with Crippen molar-refractivity contribution in [3.63, 3.8) is 0 Å². The summed E-state index contributed by atoms with van der Waals surface area (Å²) >= 11 is 0. The van der Waals surface area contributed by atoms with Crippen LogP contribution in [0.15, 0.2) is 0 Å². The lowest BCUT2D eigenvalue weighted by Crippen LogP contribution is -2.45. The third kappa shape index (κ3) is 2.98. The summed E-state index contributed by atoms with van der Waals surface area (Å²) < 4.78 is 0. The van der Waals surface area contributed by atoms with E-state index in [4.69, 9.17) is 5.73 Å². The predicted octanol–water partition coefficient (Wildman–Crippen LogP) is 2.77. The smallest absolute Gasteiger partial charge is 0.0157 e. The van der Waals surface area contributed by atoms with Gasteiger partial charge in [-0.05, 0) is 58.4 Å². The topological polar surface area (TPSA) is 29.3 Å². The molecule has 1 heterocycles. The van der Waals surface area contributed by atoms with Crippen molar-refractivity contribution >= 4 is 0 Å². The van der Waals surface area contributed by atoms with Gasteiger partial charge in [-0.3, -0.25) is 0 Å². The maximum absolute atomic E-state index is 6.49. The molecule has 2 nitrogen and oxygen atoms in total. The van der Waals surface area contributed by atoms with E-state index in [1.54, 1.807) is 0 Å². The number of rotatable bonds is 3. The monoisotopic (exact) mass is 224 g/mol. The van der Waals surface area contributed by atoms with Gasteiger partial charge >= 0.3 is 0 Å². The van der Waals surface area contributed by atoms with Crippen LogP contribution in [0.3, 0.4) is 0 Å². The summed E-state index contributed by atoms with van der Waals surface area (Å²) in [5.41, 5.74) is 6.69. The fourth-order valence-corrected chi connectivity index (χ4v) is 3.59. The molecule has 0 spiro atoms. The van der Waals surface area contributed by atoms with Gasteiger partial charge in [0.2, 0.25) is 0 Å². The summed E-state index contributed by atoms with van der Waals surface area (Å²) in [5.74, 6) is 0.860. The first-order chi connectivity index (χ1) is 7.59. The maximum Gasteiger partial charge on any atom is 0.0157 e. The van der Waals surface area contributed by atoms with Crippen LogP contribution < -0.4 is 5.73 Å². The van der Waals surface area contributed by atoms with E-state index < -0.39 is 0 Å². The molecular formula is C14H28N2. The maximum atomic E-state index is 6.49. The minimum atomic E-state index is 0.199. The Morgan fingerprint density at radius 1 is 1.25 bits per heavy atom. The highest BCUT2D eigenvalue weighted by Crippen LogP contribution is 2.35. The molecule has 1 saturated carbocycles. The van der Waals surface area contributed by atoms with Crippen LogP contribution in [0.5, 0.6) is 0 Å². The Hall–Kier alpha value is -0.0800. The Morgan fingerprint density at radius 2 is 1.94 bits per heavy atom. The van der Waals surface area contributed by atoms with E-state index >= 15 is 0 Å². The minimum Gasteiger partial charge on any atom is -0.325 e. The average molecular weight is 224 g/mol. The van der Waals surface area contributed by atoms with Gasteiger partial charge in [0.15, 0.2) is 0 Å². The molecule has 2 N–H and O–H groups in total. The molecule has 2 rings (SSSR count). The lowest BCUT2D eigenvalue weighted by Gasteiger charge is -2.38. The number of piperidine rings is 1. The SMILES string of the molecule is CC(C)N1CCCC(CC2(N)CCCC2)C1. The summed E-state index contributed by atoms with van der Waals surface area (Å²) in [7, 11) is 0. The van der Waals surface area contributed by atoms with Crippen molar-refractivity contribution < 1.29 is 0 Å². The second kappa shape index (κ2) is 5.05. The minimum absolute atomic E-state index is 0.199. The van der Waals surface area contributed by atoms with Crippen LogP contribution in [0.2, 0.25) is 0 Å². The largest absolute Gasteiger partial charge is 0.325 e. The quantitative estimate of drug-likeness (QED) is 0.798. The first-order valence-electron chi connectivity index (χ1n) is 7.12. The van der Waals surface area contributed by atoms with Crippen molar-refractivity contribution in [2.24, 2.45) is 11.7 Å². The summed E-state index contributed by atoms with van der Waals surface area (Å²) in [6.45, 7) is 7.22. The molecule has 2 fully saturated rings. The molecule has 0 aromatic rings. The standard InChI is InChI=1S/C14H28N2/c1-12(2)16-9-5-6-13(11-16)10-14(15)7-3-4-8-14/h12-13H,3-11,15H2,1-2H3. The second-order valence-corrected chi connectivity index (χ2v) is 6.37. The molecule has 1 aliphatic heterocycles. The van der Waals surface area contributed by atoms with Gasteiger partial charge in [0.25, 0.3) is 0 Å². The first-order valence-corrected chi connectivity index (χ1v) is 7.12. The van der Waals surface area contributed by atoms with Gasteiger partial charge in [0.05, 0.1) is 0 Å². The number of likely N-dealkylation sites (tertiary alicyclic amines) is 1. The van der Waals surface area contributed by atoms with Gasteiger partial charge in [-0.2, -0.15) is 0 Å². The Kier molecular flexibility index (Phi) is 3.91. The molecule has 1 unspecified atom stereocenters. The second-order valence-electron chi connectivity index (χ2n) is 6.37. The van der Waals surface area contributed by atoms with Crippen molar-refractivity contribution in [1.82, 2.24) is 4.90 Å². The van der Waals surface area contributed by atoms with E-state index in [0.29, 0.717) is 6.04 Å². The van der Waals surface area contributed by atoms with Crippen molar-refractivity contribution in [2.45, 2.75) is 70.4 Å². The zero-order valence-corrected chi connectivity index (χ0v) is 11.0. The molecule has 1 aliphatic carbocycles. The van der Waals surface area contributed by atoms with E-state index in [0.717, 1.165) is 5.92 Å². The van der Waals surface area contributed by atoms with Crippen LogP contribution in [0.1, 0.15) is 58.8 Å². The first kappa shape index (κ1) is 12.4. The molecule has 2 heteroatoms. The number of hydrogen-bond acceptors (Lipinski definition) is 2. The highest BCUT2D eigenvalue weighted by atomic mass is 15.2. The summed E-state index contributed by atoms with van der Waals surface area (Å²) in [6, 6.07) is 0.708. The van der Waals surface area contributed by atoms with E-state index in [9.17, 15) is 0 Å². The molecule has 16 heavy (non-hydrogen) atoms. The van der Waals surface area contributed by atoms with Crippen molar-refractivity contribution in [3.05, 3.63) is 0 Å². The van der Waals surface area contributed by atoms with Gasteiger partial charge in [-0.25, -0.2) is 0 Å². The molecule has 1 saturated heterocycles. The molecule has 0 radical (unpaired) electrons. The van der Waals surface area contributed by atoms with Crippen molar-refractivity contribution in [3.8, 4) is 0 Å². The van der Waals surface area contributed by atoms with E-state index in [1.165, 1.54) is 58.0 Å². The van der Waals surface area contributed by atoms with Gasteiger partial charge in [0, 0.05) is 18.1 Å². The third-order valence-electron chi connectivity index (χ3n) is 4.58. The summed E-state index contributed by atoms with van der Waals surface area (Å²) in [6.07, 6.45) is 9.31. The number of nitrogens with two attached hydrogens (primary N) is 1. The molecular weight excluding hydrogens is 196 g/mol. The van der Waals surface area contributed by atoms with Crippen LogP contribution in [0.25, 0.3) is 0 Å². The highest BCUT2D eigenvalue weighted by Gasteiger charge is 2.33. The molecule has 0 aromatic heterocycles. The zero-order chi connectivity index (χ0) is 11.6. The van der Waals surface area contributed by atoms with Crippen molar-refractivity contribution in [2.75, 3.05) is 13.1 Å². The predicted molar refractivity (Wildman–Crippen MR) is 69.4 cm³/mol. The average Bonchev–Trinajstić information content (AvgIpc) is 2.65. The van der Waals surface area contributed by atoms with Crippen LogP contribution in [0.4, 0.5) is 0 Å².